The number of amides is 1. The lowest BCUT2D eigenvalue weighted by Gasteiger charge is -2.26. The van der Waals surface area contributed by atoms with Crippen LogP contribution in [0.3, 0.4) is 0 Å². The van der Waals surface area contributed by atoms with Crippen molar-refractivity contribution >= 4 is 22.8 Å². The van der Waals surface area contributed by atoms with Crippen LogP contribution in [0.5, 0.6) is 0 Å². The SMILES string of the molecule is O=C(Cn1cnc2ccccc21)N1CCC2CN(c3cc(C(F)(F)F)ccn3)CC21. The van der Waals surface area contributed by atoms with Gasteiger partial charge in [-0.25, -0.2) is 9.97 Å². The van der Waals surface area contributed by atoms with Crippen LogP contribution in [0.1, 0.15) is 12.0 Å². The first-order valence-electron chi connectivity index (χ1n) is 9.88. The maximum Gasteiger partial charge on any atom is 0.416 e. The van der Waals surface area contributed by atoms with Gasteiger partial charge in [-0.1, -0.05) is 12.1 Å². The Kier molecular flexibility index (Phi) is 4.41. The van der Waals surface area contributed by atoms with Crippen LogP contribution in [0.2, 0.25) is 0 Å². The first-order valence-corrected chi connectivity index (χ1v) is 9.88. The van der Waals surface area contributed by atoms with Gasteiger partial charge in [0.2, 0.25) is 5.91 Å². The molecule has 2 saturated heterocycles. The zero-order valence-electron chi connectivity index (χ0n) is 16.1. The molecule has 6 nitrogen and oxygen atoms in total. The summed E-state index contributed by atoms with van der Waals surface area (Å²) >= 11 is 0. The van der Waals surface area contributed by atoms with Crippen molar-refractivity contribution in [3.05, 3.63) is 54.5 Å². The number of aromatic nitrogens is 3. The molecule has 0 bridgehead atoms. The highest BCUT2D eigenvalue weighted by molar-refractivity contribution is 5.81. The summed E-state index contributed by atoms with van der Waals surface area (Å²) in [5.41, 5.74) is 1.04. The van der Waals surface area contributed by atoms with E-state index in [0.717, 1.165) is 29.6 Å². The Bertz CT molecular complexity index is 1100. The summed E-state index contributed by atoms with van der Waals surface area (Å²) in [5.74, 6) is 0.557. The highest BCUT2D eigenvalue weighted by Gasteiger charge is 2.44. The Morgan fingerprint density at radius 3 is 2.80 bits per heavy atom. The highest BCUT2D eigenvalue weighted by Crippen LogP contribution is 2.36. The van der Waals surface area contributed by atoms with Gasteiger partial charge in [-0.3, -0.25) is 4.79 Å². The molecule has 3 aromatic rings. The van der Waals surface area contributed by atoms with Crippen molar-refractivity contribution in [2.24, 2.45) is 5.92 Å². The van der Waals surface area contributed by atoms with E-state index in [4.69, 9.17) is 0 Å². The molecule has 1 aromatic carbocycles. The molecule has 0 aliphatic carbocycles. The van der Waals surface area contributed by atoms with E-state index in [1.54, 1.807) is 6.33 Å². The second-order valence-electron chi connectivity index (χ2n) is 7.87. The molecular formula is C21H20F3N5O. The maximum atomic E-state index is 13.0. The molecule has 2 aromatic heterocycles. The lowest BCUT2D eigenvalue weighted by molar-refractivity contribution is -0.137. The number of para-hydroxylation sites is 2. The lowest BCUT2D eigenvalue weighted by Crippen LogP contribution is -2.41. The van der Waals surface area contributed by atoms with Crippen molar-refractivity contribution in [2.45, 2.75) is 25.2 Å². The zero-order valence-corrected chi connectivity index (χ0v) is 16.1. The number of fused-ring (bicyclic) bond motifs is 2. The fraction of sp³-hybridized carbons (Fsp3) is 0.381. The van der Waals surface area contributed by atoms with Gasteiger partial charge in [-0.05, 0) is 30.7 Å². The fourth-order valence-corrected chi connectivity index (χ4v) is 4.60. The Morgan fingerprint density at radius 1 is 1.13 bits per heavy atom. The maximum absolute atomic E-state index is 13.0. The number of imidazole rings is 1. The van der Waals surface area contributed by atoms with E-state index in [2.05, 4.69) is 9.97 Å². The normalized spacial score (nSPS) is 21.4. The summed E-state index contributed by atoms with van der Waals surface area (Å²) < 4.78 is 41.0. The number of nitrogens with zero attached hydrogens (tertiary/aromatic N) is 5. The molecule has 4 heterocycles. The predicted molar refractivity (Wildman–Crippen MR) is 105 cm³/mol. The van der Waals surface area contributed by atoms with Crippen LogP contribution in [-0.2, 0) is 17.5 Å². The third kappa shape index (κ3) is 3.28. The second-order valence-corrected chi connectivity index (χ2v) is 7.87. The second kappa shape index (κ2) is 7.00. The van der Waals surface area contributed by atoms with Gasteiger partial charge in [-0.15, -0.1) is 0 Å². The number of rotatable bonds is 3. The topological polar surface area (TPSA) is 54.3 Å². The lowest BCUT2D eigenvalue weighted by atomic mass is 10.1. The zero-order chi connectivity index (χ0) is 20.9. The van der Waals surface area contributed by atoms with Gasteiger partial charge in [0.1, 0.15) is 12.4 Å². The number of likely N-dealkylation sites (tertiary alicyclic amines) is 1. The van der Waals surface area contributed by atoms with E-state index < -0.39 is 11.7 Å². The molecule has 156 valence electrons. The van der Waals surface area contributed by atoms with Crippen LogP contribution in [0.4, 0.5) is 19.0 Å². The molecule has 30 heavy (non-hydrogen) atoms. The number of alkyl halides is 3. The van der Waals surface area contributed by atoms with Crippen molar-refractivity contribution < 1.29 is 18.0 Å². The van der Waals surface area contributed by atoms with Crippen molar-refractivity contribution in [1.82, 2.24) is 19.4 Å². The van der Waals surface area contributed by atoms with Crippen LogP contribution in [0.25, 0.3) is 11.0 Å². The molecule has 0 radical (unpaired) electrons. The van der Waals surface area contributed by atoms with Gasteiger partial charge in [0.15, 0.2) is 0 Å². The van der Waals surface area contributed by atoms with Gasteiger partial charge in [0.05, 0.1) is 29.0 Å². The number of anilines is 1. The molecule has 2 aliphatic rings. The molecule has 1 amide bonds. The van der Waals surface area contributed by atoms with Crippen LogP contribution < -0.4 is 4.90 Å². The monoisotopic (exact) mass is 415 g/mol. The number of benzene rings is 1. The fourth-order valence-electron chi connectivity index (χ4n) is 4.60. The first kappa shape index (κ1) is 18.9. The van der Waals surface area contributed by atoms with Gasteiger partial charge >= 0.3 is 6.18 Å². The van der Waals surface area contributed by atoms with Crippen molar-refractivity contribution in [3.63, 3.8) is 0 Å². The number of pyridine rings is 1. The Hall–Kier alpha value is -3.10. The number of carbonyl (C=O) groups excluding carboxylic acids is 1. The summed E-state index contributed by atoms with van der Waals surface area (Å²) in [4.78, 5) is 25.2. The highest BCUT2D eigenvalue weighted by atomic mass is 19.4. The van der Waals surface area contributed by atoms with E-state index in [9.17, 15) is 18.0 Å². The number of hydrogen-bond acceptors (Lipinski definition) is 4. The standard InChI is InChI=1S/C21H20F3N5O/c22-21(23,24)15-5-7-25-19(9-15)27-10-14-6-8-29(18(14)11-27)20(30)12-28-13-26-16-3-1-2-4-17(16)28/h1-5,7,9,13-14,18H,6,8,10-12H2. The van der Waals surface area contributed by atoms with Gasteiger partial charge < -0.3 is 14.4 Å². The van der Waals surface area contributed by atoms with E-state index in [-0.39, 0.29) is 24.4 Å². The Labute approximate surface area is 170 Å². The van der Waals surface area contributed by atoms with Gasteiger partial charge in [0.25, 0.3) is 0 Å². The molecule has 2 fully saturated rings. The summed E-state index contributed by atoms with van der Waals surface area (Å²) in [6.45, 7) is 1.97. The molecule has 2 atom stereocenters. The van der Waals surface area contributed by atoms with Crippen LogP contribution >= 0.6 is 0 Å². The summed E-state index contributed by atoms with van der Waals surface area (Å²) in [6.07, 6.45) is -0.692. The minimum atomic E-state index is -4.40. The average Bonchev–Trinajstić information content (AvgIpc) is 3.42. The van der Waals surface area contributed by atoms with Crippen molar-refractivity contribution in [2.75, 3.05) is 24.5 Å². The number of carbonyl (C=O) groups is 1. The van der Waals surface area contributed by atoms with Crippen molar-refractivity contribution in [1.29, 1.82) is 0 Å². The first-order chi connectivity index (χ1) is 14.4. The van der Waals surface area contributed by atoms with Crippen LogP contribution in [0.15, 0.2) is 48.9 Å². The van der Waals surface area contributed by atoms with Gasteiger partial charge in [-0.2, -0.15) is 13.2 Å². The summed E-state index contributed by atoms with van der Waals surface area (Å²) in [7, 11) is 0. The molecule has 0 spiro atoms. The largest absolute Gasteiger partial charge is 0.416 e. The van der Waals surface area contributed by atoms with Crippen LogP contribution in [0, 0.1) is 5.92 Å². The molecule has 0 N–H and O–H groups in total. The molecule has 2 aliphatic heterocycles. The van der Waals surface area contributed by atoms with E-state index in [1.165, 1.54) is 6.20 Å². The Morgan fingerprint density at radius 2 is 1.97 bits per heavy atom. The summed E-state index contributed by atoms with van der Waals surface area (Å²) in [6, 6.07) is 9.70. The molecule has 9 heteroatoms. The van der Waals surface area contributed by atoms with Crippen molar-refractivity contribution in [3.8, 4) is 0 Å². The predicted octanol–water partition coefficient (Wildman–Crippen LogP) is 3.19. The third-order valence-electron chi connectivity index (χ3n) is 6.10. The van der Waals surface area contributed by atoms with Gasteiger partial charge in [0, 0.05) is 31.7 Å². The van der Waals surface area contributed by atoms with E-state index in [0.29, 0.717) is 25.5 Å². The minimum absolute atomic E-state index is 0.00417. The summed E-state index contributed by atoms with van der Waals surface area (Å²) in [5, 5.41) is 0. The molecular weight excluding hydrogens is 395 g/mol. The Balaban J connectivity index is 1.31. The smallest absolute Gasteiger partial charge is 0.354 e. The number of halogens is 3. The molecule has 5 rings (SSSR count). The number of hydrogen-bond donors (Lipinski definition) is 0. The van der Waals surface area contributed by atoms with E-state index >= 15 is 0 Å². The average molecular weight is 415 g/mol. The third-order valence-corrected chi connectivity index (χ3v) is 6.10. The quantitative estimate of drug-likeness (QED) is 0.659. The van der Waals surface area contributed by atoms with Crippen LogP contribution in [-0.4, -0.2) is 51.0 Å². The van der Waals surface area contributed by atoms with E-state index in [1.807, 2.05) is 38.6 Å². The minimum Gasteiger partial charge on any atom is -0.354 e. The molecule has 2 unspecified atom stereocenters. The molecule has 0 saturated carbocycles.